The third-order valence-electron chi connectivity index (χ3n) is 3.68. The Balaban J connectivity index is 2.41. The number of urea groups is 1. The number of hydrogen-bond donors (Lipinski definition) is 1. The normalized spacial score (nSPS) is 17.1. The molecule has 20 heavy (non-hydrogen) atoms. The van der Waals surface area contributed by atoms with Crippen molar-refractivity contribution in [3.05, 3.63) is 12.3 Å². The van der Waals surface area contributed by atoms with E-state index in [1.165, 1.54) is 32.1 Å². The molecular formula is C17H32N2O. The average Bonchev–Trinajstić information content (AvgIpc) is 2.38. The summed E-state index contributed by atoms with van der Waals surface area (Å²) < 4.78 is 0. The number of nitrogens with one attached hydrogen (secondary N) is 1. The van der Waals surface area contributed by atoms with Crippen LogP contribution in [-0.2, 0) is 0 Å². The molecule has 0 saturated heterocycles. The first kappa shape index (κ1) is 17.1. The van der Waals surface area contributed by atoms with E-state index in [2.05, 4.69) is 39.1 Å². The van der Waals surface area contributed by atoms with Gasteiger partial charge in [-0.15, -0.1) is 0 Å². The van der Waals surface area contributed by atoms with Gasteiger partial charge in [0.05, 0.1) is 0 Å². The molecule has 0 spiro atoms. The van der Waals surface area contributed by atoms with Crippen LogP contribution in [0.2, 0.25) is 0 Å². The fraction of sp³-hybridized carbons (Fsp3) is 0.824. The number of nitrogens with zero attached hydrogens (tertiary/aromatic N) is 1. The Hall–Kier alpha value is -0.990. The van der Waals surface area contributed by atoms with Crippen LogP contribution in [0.4, 0.5) is 4.79 Å². The second kappa shape index (κ2) is 9.04. The molecule has 0 aromatic rings. The minimum Gasteiger partial charge on any atom is -0.324 e. The van der Waals surface area contributed by atoms with Crippen molar-refractivity contribution >= 4 is 6.03 Å². The lowest BCUT2D eigenvalue weighted by atomic mass is 9.89. The molecule has 0 aromatic carbocycles. The highest BCUT2D eigenvalue weighted by atomic mass is 16.2. The van der Waals surface area contributed by atoms with Gasteiger partial charge in [0, 0.05) is 19.3 Å². The molecule has 0 aromatic heterocycles. The summed E-state index contributed by atoms with van der Waals surface area (Å²) in [6.07, 6.45) is 10.6. The third-order valence-corrected chi connectivity index (χ3v) is 3.68. The van der Waals surface area contributed by atoms with Gasteiger partial charge in [-0.1, -0.05) is 53.0 Å². The SMILES string of the molecule is CC(C)CN(CC(C)C)C(=O)N/C=C/C1CCCCC1. The molecule has 1 N–H and O–H groups in total. The van der Waals surface area contributed by atoms with Crippen LogP contribution in [-0.4, -0.2) is 24.0 Å². The summed E-state index contributed by atoms with van der Waals surface area (Å²) in [6, 6.07) is 0.0412. The van der Waals surface area contributed by atoms with Gasteiger partial charge < -0.3 is 10.2 Å². The maximum atomic E-state index is 12.2. The van der Waals surface area contributed by atoms with Crippen LogP contribution in [0.5, 0.6) is 0 Å². The number of amides is 2. The first-order valence-electron chi connectivity index (χ1n) is 8.21. The molecule has 0 heterocycles. The number of hydrogen-bond acceptors (Lipinski definition) is 1. The van der Waals surface area contributed by atoms with Crippen molar-refractivity contribution in [3.8, 4) is 0 Å². The largest absolute Gasteiger partial charge is 0.324 e. The number of rotatable bonds is 6. The van der Waals surface area contributed by atoms with Crippen LogP contribution >= 0.6 is 0 Å². The van der Waals surface area contributed by atoms with Gasteiger partial charge in [-0.2, -0.15) is 0 Å². The third kappa shape index (κ3) is 6.97. The number of allylic oxidation sites excluding steroid dienone is 1. The van der Waals surface area contributed by atoms with E-state index in [0.29, 0.717) is 17.8 Å². The van der Waals surface area contributed by atoms with Gasteiger partial charge in [-0.05, 0) is 30.6 Å². The van der Waals surface area contributed by atoms with E-state index in [1.54, 1.807) is 0 Å². The van der Waals surface area contributed by atoms with Crippen molar-refractivity contribution in [2.75, 3.05) is 13.1 Å². The lowest BCUT2D eigenvalue weighted by Gasteiger charge is -2.26. The van der Waals surface area contributed by atoms with E-state index < -0.39 is 0 Å². The monoisotopic (exact) mass is 280 g/mol. The van der Waals surface area contributed by atoms with Gasteiger partial charge in [0.25, 0.3) is 0 Å². The van der Waals surface area contributed by atoms with Crippen LogP contribution in [0.3, 0.4) is 0 Å². The minimum atomic E-state index is 0.0412. The van der Waals surface area contributed by atoms with Crippen LogP contribution < -0.4 is 5.32 Å². The zero-order valence-electron chi connectivity index (χ0n) is 13.7. The van der Waals surface area contributed by atoms with Gasteiger partial charge in [-0.3, -0.25) is 0 Å². The standard InChI is InChI=1S/C17H32N2O/c1-14(2)12-19(13-15(3)4)17(20)18-11-10-16-8-6-5-7-9-16/h10-11,14-16H,5-9,12-13H2,1-4H3,(H,18,20)/b11-10+. The van der Waals surface area contributed by atoms with Crippen LogP contribution in [0.1, 0.15) is 59.8 Å². The molecule has 1 aliphatic rings. The summed E-state index contributed by atoms with van der Waals surface area (Å²) in [5, 5.41) is 2.95. The molecular weight excluding hydrogens is 248 g/mol. The molecule has 1 saturated carbocycles. The summed E-state index contributed by atoms with van der Waals surface area (Å²) >= 11 is 0. The Kier molecular flexibility index (Phi) is 7.71. The van der Waals surface area contributed by atoms with E-state index >= 15 is 0 Å². The van der Waals surface area contributed by atoms with Crippen molar-refractivity contribution < 1.29 is 4.79 Å². The first-order valence-corrected chi connectivity index (χ1v) is 8.21. The molecule has 1 rings (SSSR count). The van der Waals surface area contributed by atoms with Gasteiger partial charge in [0.2, 0.25) is 0 Å². The topological polar surface area (TPSA) is 32.3 Å². The minimum absolute atomic E-state index is 0.0412. The molecule has 0 unspecified atom stereocenters. The predicted molar refractivity (Wildman–Crippen MR) is 85.5 cm³/mol. The second-order valence-corrected chi connectivity index (χ2v) is 6.90. The molecule has 1 aliphatic carbocycles. The van der Waals surface area contributed by atoms with E-state index in [-0.39, 0.29) is 6.03 Å². The summed E-state index contributed by atoms with van der Waals surface area (Å²) in [5.74, 6) is 1.66. The van der Waals surface area contributed by atoms with E-state index in [9.17, 15) is 4.79 Å². The first-order chi connectivity index (χ1) is 9.49. The highest BCUT2D eigenvalue weighted by Gasteiger charge is 2.15. The molecule has 3 nitrogen and oxygen atoms in total. The quantitative estimate of drug-likeness (QED) is 0.768. The Morgan fingerprint density at radius 2 is 1.65 bits per heavy atom. The Morgan fingerprint density at radius 3 is 2.15 bits per heavy atom. The average molecular weight is 280 g/mol. The van der Waals surface area contributed by atoms with Crippen LogP contribution in [0.15, 0.2) is 12.3 Å². The van der Waals surface area contributed by atoms with Gasteiger partial charge in [0.15, 0.2) is 0 Å². The molecule has 0 aliphatic heterocycles. The summed E-state index contributed by atoms with van der Waals surface area (Å²) in [7, 11) is 0. The van der Waals surface area contributed by atoms with E-state index in [4.69, 9.17) is 0 Å². The second-order valence-electron chi connectivity index (χ2n) is 6.90. The molecule has 1 fully saturated rings. The van der Waals surface area contributed by atoms with Crippen molar-refractivity contribution in [2.24, 2.45) is 17.8 Å². The summed E-state index contributed by atoms with van der Waals surface area (Å²) in [4.78, 5) is 14.2. The van der Waals surface area contributed by atoms with Crippen LogP contribution in [0.25, 0.3) is 0 Å². The molecule has 0 atom stereocenters. The fourth-order valence-corrected chi connectivity index (χ4v) is 2.80. The maximum absolute atomic E-state index is 12.2. The summed E-state index contributed by atoms with van der Waals surface area (Å²) in [5.41, 5.74) is 0. The Bertz CT molecular complexity index is 294. The molecule has 116 valence electrons. The highest BCUT2D eigenvalue weighted by molar-refractivity contribution is 5.75. The molecule has 3 heteroatoms. The zero-order chi connectivity index (χ0) is 15.0. The van der Waals surface area contributed by atoms with Gasteiger partial charge >= 0.3 is 6.03 Å². The Morgan fingerprint density at radius 1 is 1.10 bits per heavy atom. The fourth-order valence-electron chi connectivity index (χ4n) is 2.80. The number of carbonyl (C=O) groups excluding carboxylic acids is 1. The lowest BCUT2D eigenvalue weighted by molar-refractivity contribution is 0.187. The van der Waals surface area contributed by atoms with E-state index in [1.807, 2.05) is 11.1 Å². The maximum Gasteiger partial charge on any atom is 0.321 e. The van der Waals surface area contributed by atoms with E-state index in [0.717, 1.165) is 13.1 Å². The van der Waals surface area contributed by atoms with Crippen molar-refractivity contribution in [1.29, 1.82) is 0 Å². The predicted octanol–water partition coefficient (Wildman–Crippen LogP) is 4.40. The molecule has 2 amide bonds. The lowest BCUT2D eigenvalue weighted by Crippen LogP contribution is -2.41. The Labute approximate surface area is 124 Å². The summed E-state index contributed by atoms with van der Waals surface area (Å²) in [6.45, 7) is 10.2. The van der Waals surface area contributed by atoms with Crippen molar-refractivity contribution in [3.63, 3.8) is 0 Å². The van der Waals surface area contributed by atoms with Crippen molar-refractivity contribution in [2.45, 2.75) is 59.8 Å². The highest BCUT2D eigenvalue weighted by Crippen LogP contribution is 2.24. The number of carbonyl (C=O) groups is 1. The molecule has 0 radical (unpaired) electrons. The molecule has 0 bridgehead atoms. The van der Waals surface area contributed by atoms with Gasteiger partial charge in [0.1, 0.15) is 0 Å². The van der Waals surface area contributed by atoms with Crippen molar-refractivity contribution in [1.82, 2.24) is 10.2 Å². The smallest absolute Gasteiger partial charge is 0.321 e. The van der Waals surface area contributed by atoms with Crippen LogP contribution in [0, 0.1) is 17.8 Å². The van der Waals surface area contributed by atoms with Gasteiger partial charge in [-0.25, -0.2) is 4.79 Å². The zero-order valence-corrected chi connectivity index (χ0v) is 13.7.